The van der Waals surface area contributed by atoms with Gasteiger partial charge >= 0.3 is 0 Å². The van der Waals surface area contributed by atoms with Crippen molar-refractivity contribution in [1.82, 2.24) is 15.5 Å². The van der Waals surface area contributed by atoms with Gasteiger partial charge in [0.05, 0.1) is 0 Å². The predicted molar refractivity (Wildman–Crippen MR) is 105 cm³/mol. The minimum Gasteiger partial charge on any atom is -0.354 e. The first-order valence-electron chi connectivity index (χ1n) is 10.1. The molecule has 0 aliphatic carbocycles. The molecule has 1 aromatic rings. The molecule has 0 spiro atoms. The monoisotopic (exact) mass is 377 g/mol. The molecule has 1 unspecified atom stereocenters. The van der Waals surface area contributed by atoms with Crippen LogP contribution < -0.4 is 10.6 Å². The van der Waals surface area contributed by atoms with Crippen molar-refractivity contribution in [3.8, 4) is 0 Å². The topological polar surface area (TPSA) is 61.4 Å². The first-order valence-corrected chi connectivity index (χ1v) is 10.1. The van der Waals surface area contributed by atoms with Crippen molar-refractivity contribution < 1.29 is 14.0 Å². The van der Waals surface area contributed by atoms with Crippen LogP contribution in [0.4, 0.5) is 4.39 Å². The van der Waals surface area contributed by atoms with Crippen LogP contribution in [0.25, 0.3) is 0 Å². The molecule has 1 aliphatic rings. The third-order valence-corrected chi connectivity index (χ3v) is 4.99. The van der Waals surface area contributed by atoms with Crippen molar-refractivity contribution in [1.29, 1.82) is 0 Å². The number of rotatable bonds is 10. The Balaban J connectivity index is 1.77. The number of unbranched alkanes of at least 4 members (excludes halogenated alkanes) is 4. The summed E-state index contributed by atoms with van der Waals surface area (Å²) in [6.07, 6.45) is 6.67. The lowest BCUT2D eigenvalue weighted by Gasteiger charge is -2.35. The van der Waals surface area contributed by atoms with Gasteiger partial charge in [-0.15, -0.1) is 0 Å². The summed E-state index contributed by atoms with van der Waals surface area (Å²) >= 11 is 0. The van der Waals surface area contributed by atoms with E-state index in [1.54, 1.807) is 17.0 Å². The summed E-state index contributed by atoms with van der Waals surface area (Å²) in [7, 11) is 0. The van der Waals surface area contributed by atoms with E-state index in [4.69, 9.17) is 0 Å². The van der Waals surface area contributed by atoms with Crippen molar-refractivity contribution in [2.24, 2.45) is 0 Å². The van der Waals surface area contributed by atoms with Gasteiger partial charge < -0.3 is 15.5 Å². The Bertz CT molecular complexity index is 592. The van der Waals surface area contributed by atoms with Gasteiger partial charge in [-0.1, -0.05) is 44.7 Å². The van der Waals surface area contributed by atoms with Crippen LogP contribution in [0.5, 0.6) is 0 Å². The first kappa shape index (κ1) is 21.4. The Hall–Kier alpha value is -1.95. The molecule has 0 bridgehead atoms. The van der Waals surface area contributed by atoms with Gasteiger partial charge in [-0.2, -0.15) is 0 Å². The molecule has 0 saturated carbocycles. The number of benzene rings is 1. The van der Waals surface area contributed by atoms with Gasteiger partial charge in [-0.25, -0.2) is 4.39 Å². The Labute approximate surface area is 161 Å². The highest BCUT2D eigenvalue weighted by Crippen LogP contribution is 2.11. The van der Waals surface area contributed by atoms with Crippen LogP contribution in [0.3, 0.4) is 0 Å². The zero-order valence-electron chi connectivity index (χ0n) is 16.3. The molecule has 1 saturated heterocycles. The lowest BCUT2D eigenvalue weighted by atomic mass is 10.1. The molecule has 2 N–H and O–H groups in total. The first-order chi connectivity index (χ1) is 13.1. The quantitative estimate of drug-likeness (QED) is 0.616. The van der Waals surface area contributed by atoms with Crippen LogP contribution in [0.15, 0.2) is 24.3 Å². The maximum absolute atomic E-state index is 12.9. The highest BCUT2D eigenvalue weighted by Gasteiger charge is 2.31. The second-order valence-corrected chi connectivity index (χ2v) is 7.14. The second kappa shape index (κ2) is 11.7. The standard InChI is InChI=1S/C21H32FN3O2/c1-2-3-4-5-6-7-20(26)25-15-14-23-16-19(25)21(27)24-13-12-17-8-10-18(22)11-9-17/h8-11,19,23H,2-7,12-16H2,1H3,(H,24,27). The zero-order valence-corrected chi connectivity index (χ0v) is 16.3. The van der Waals surface area contributed by atoms with Crippen molar-refractivity contribution in [3.05, 3.63) is 35.6 Å². The van der Waals surface area contributed by atoms with Gasteiger partial charge in [-0.05, 0) is 30.5 Å². The average molecular weight is 378 g/mol. The fourth-order valence-electron chi connectivity index (χ4n) is 3.36. The molecule has 1 aromatic carbocycles. The lowest BCUT2D eigenvalue weighted by molar-refractivity contribution is -0.141. The molecular weight excluding hydrogens is 345 g/mol. The molecule has 2 amide bonds. The fraction of sp³-hybridized carbons (Fsp3) is 0.619. The Kier molecular flexibility index (Phi) is 9.25. The van der Waals surface area contributed by atoms with E-state index in [0.29, 0.717) is 32.5 Å². The zero-order chi connectivity index (χ0) is 19.5. The van der Waals surface area contributed by atoms with Crippen LogP contribution in [-0.4, -0.2) is 48.9 Å². The third-order valence-electron chi connectivity index (χ3n) is 4.99. The van der Waals surface area contributed by atoms with Crippen molar-refractivity contribution in [2.75, 3.05) is 26.2 Å². The molecule has 1 atom stereocenters. The van der Waals surface area contributed by atoms with Crippen LogP contribution in [0, 0.1) is 5.82 Å². The van der Waals surface area contributed by atoms with Gasteiger partial charge in [-0.3, -0.25) is 9.59 Å². The number of halogens is 1. The average Bonchev–Trinajstić information content (AvgIpc) is 2.69. The number of carbonyl (C=O) groups excluding carboxylic acids is 2. The SMILES string of the molecule is CCCCCCCC(=O)N1CCNCC1C(=O)NCCc1ccc(F)cc1. The summed E-state index contributed by atoms with van der Waals surface area (Å²) < 4.78 is 12.9. The van der Waals surface area contributed by atoms with E-state index in [1.165, 1.54) is 31.4 Å². The fourth-order valence-corrected chi connectivity index (χ4v) is 3.36. The largest absolute Gasteiger partial charge is 0.354 e. The van der Waals surface area contributed by atoms with E-state index in [0.717, 1.165) is 24.9 Å². The Morgan fingerprint density at radius 2 is 1.93 bits per heavy atom. The van der Waals surface area contributed by atoms with E-state index in [2.05, 4.69) is 17.6 Å². The van der Waals surface area contributed by atoms with Crippen LogP contribution in [0.2, 0.25) is 0 Å². The number of nitrogens with zero attached hydrogens (tertiary/aromatic N) is 1. The Morgan fingerprint density at radius 1 is 1.19 bits per heavy atom. The van der Waals surface area contributed by atoms with Crippen molar-refractivity contribution >= 4 is 11.8 Å². The molecule has 150 valence electrons. The second-order valence-electron chi connectivity index (χ2n) is 7.14. The molecule has 27 heavy (non-hydrogen) atoms. The van der Waals surface area contributed by atoms with Gasteiger partial charge in [0, 0.05) is 32.6 Å². The van der Waals surface area contributed by atoms with E-state index in [1.807, 2.05) is 0 Å². The van der Waals surface area contributed by atoms with Gasteiger partial charge in [0.15, 0.2) is 0 Å². The summed E-state index contributed by atoms with van der Waals surface area (Å²) in [5.74, 6) is -0.310. The molecule has 0 aromatic heterocycles. The molecule has 5 nitrogen and oxygen atoms in total. The summed E-state index contributed by atoms with van der Waals surface area (Å²) in [5, 5.41) is 6.12. The smallest absolute Gasteiger partial charge is 0.244 e. The maximum atomic E-state index is 12.9. The van der Waals surface area contributed by atoms with Crippen LogP contribution >= 0.6 is 0 Å². The number of amides is 2. The van der Waals surface area contributed by atoms with Crippen LogP contribution in [-0.2, 0) is 16.0 Å². The summed E-state index contributed by atoms with van der Waals surface area (Å²) in [6.45, 7) is 4.43. The maximum Gasteiger partial charge on any atom is 0.244 e. The molecule has 0 radical (unpaired) electrons. The number of piperazine rings is 1. The van der Waals surface area contributed by atoms with E-state index < -0.39 is 6.04 Å². The number of hydrogen-bond donors (Lipinski definition) is 2. The minimum absolute atomic E-state index is 0.0756. The van der Waals surface area contributed by atoms with Crippen molar-refractivity contribution in [2.45, 2.75) is 57.9 Å². The number of nitrogens with one attached hydrogen (secondary N) is 2. The molecule has 6 heteroatoms. The van der Waals surface area contributed by atoms with E-state index in [9.17, 15) is 14.0 Å². The normalized spacial score (nSPS) is 17.0. The van der Waals surface area contributed by atoms with Crippen molar-refractivity contribution in [3.63, 3.8) is 0 Å². The summed E-state index contributed by atoms with van der Waals surface area (Å²) in [4.78, 5) is 26.8. The predicted octanol–water partition coefficient (Wildman–Crippen LogP) is 2.65. The van der Waals surface area contributed by atoms with Gasteiger partial charge in [0.25, 0.3) is 0 Å². The molecular formula is C21H32FN3O2. The van der Waals surface area contributed by atoms with Gasteiger partial charge in [0.2, 0.25) is 11.8 Å². The molecule has 2 rings (SSSR count). The molecule has 1 fully saturated rings. The highest BCUT2D eigenvalue weighted by molar-refractivity contribution is 5.88. The minimum atomic E-state index is -0.449. The van der Waals surface area contributed by atoms with Crippen LogP contribution in [0.1, 0.15) is 51.0 Å². The van der Waals surface area contributed by atoms with Gasteiger partial charge in [0.1, 0.15) is 11.9 Å². The van der Waals surface area contributed by atoms with E-state index >= 15 is 0 Å². The summed E-state index contributed by atoms with van der Waals surface area (Å²) in [6, 6.07) is 5.83. The molecule has 1 heterocycles. The highest BCUT2D eigenvalue weighted by atomic mass is 19.1. The third kappa shape index (κ3) is 7.29. The van der Waals surface area contributed by atoms with E-state index in [-0.39, 0.29) is 17.6 Å². The summed E-state index contributed by atoms with van der Waals surface area (Å²) in [5.41, 5.74) is 0.971. The molecule has 1 aliphatic heterocycles. The lowest BCUT2D eigenvalue weighted by Crippen LogP contribution is -2.59. The Morgan fingerprint density at radius 3 is 2.67 bits per heavy atom. The number of hydrogen-bond acceptors (Lipinski definition) is 3. The number of carbonyl (C=O) groups is 2.